The van der Waals surface area contributed by atoms with Crippen LogP contribution in [0.15, 0.2) is 48.7 Å². The third kappa shape index (κ3) is 4.09. The van der Waals surface area contributed by atoms with Crippen molar-refractivity contribution in [2.75, 3.05) is 13.1 Å². The summed E-state index contributed by atoms with van der Waals surface area (Å²) in [5, 5.41) is 7.45. The van der Waals surface area contributed by atoms with Crippen molar-refractivity contribution in [2.45, 2.75) is 39.8 Å². The molecule has 146 valence electrons. The predicted octanol–water partition coefficient (Wildman–Crippen LogP) is 3.80. The van der Waals surface area contributed by atoms with Gasteiger partial charge in [0.2, 0.25) is 0 Å². The number of aryl methyl sites for hydroxylation is 1. The molecule has 3 heterocycles. The van der Waals surface area contributed by atoms with E-state index in [0.717, 1.165) is 29.1 Å². The first-order valence-electron chi connectivity index (χ1n) is 10.1. The van der Waals surface area contributed by atoms with E-state index in [2.05, 4.69) is 46.5 Å². The van der Waals surface area contributed by atoms with Crippen LogP contribution in [0.4, 0.5) is 0 Å². The van der Waals surface area contributed by atoms with E-state index in [1.807, 2.05) is 31.3 Å². The Hall–Kier alpha value is -2.66. The molecule has 1 saturated heterocycles. The normalized spacial score (nSPS) is 15.8. The van der Waals surface area contributed by atoms with E-state index >= 15 is 0 Å². The lowest BCUT2D eigenvalue weighted by molar-refractivity contribution is 0.0945. The molecule has 28 heavy (non-hydrogen) atoms. The smallest absolute Gasteiger partial charge is 0.272 e. The fourth-order valence-electron chi connectivity index (χ4n) is 3.92. The van der Waals surface area contributed by atoms with Crippen LogP contribution >= 0.6 is 0 Å². The van der Waals surface area contributed by atoms with Crippen molar-refractivity contribution in [1.29, 1.82) is 0 Å². The van der Waals surface area contributed by atoms with E-state index in [1.54, 1.807) is 4.52 Å². The molecule has 5 nitrogen and oxygen atoms in total. The van der Waals surface area contributed by atoms with E-state index in [0.29, 0.717) is 12.2 Å². The van der Waals surface area contributed by atoms with Gasteiger partial charge in [-0.1, -0.05) is 37.3 Å². The fraction of sp³-hybridized carbons (Fsp3) is 0.391. The number of benzene rings is 1. The van der Waals surface area contributed by atoms with Gasteiger partial charge in [0.1, 0.15) is 0 Å². The van der Waals surface area contributed by atoms with Gasteiger partial charge >= 0.3 is 0 Å². The van der Waals surface area contributed by atoms with E-state index in [1.165, 1.54) is 31.5 Å². The van der Waals surface area contributed by atoms with Crippen LogP contribution in [0.1, 0.15) is 46.9 Å². The molecule has 0 spiro atoms. The SMILES string of the molecule is Cc1c(C(=O)NCc2cccc(CN3CCC(C)CC3)c2)nn2ccccc12. The standard InChI is InChI=1S/C23H28N4O/c1-17-9-12-26(13-10-17)16-20-7-5-6-19(14-20)15-24-23(28)22-18(2)21-8-3-4-11-27(21)25-22/h3-8,11,14,17H,9-10,12-13,15-16H2,1-2H3,(H,24,28). The molecule has 0 unspecified atom stereocenters. The number of piperidine rings is 1. The number of hydrogen-bond acceptors (Lipinski definition) is 3. The maximum absolute atomic E-state index is 12.6. The van der Waals surface area contributed by atoms with E-state index < -0.39 is 0 Å². The van der Waals surface area contributed by atoms with Gasteiger partial charge < -0.3 is 5.32 Å². The first-order valence-corrected chi connectivity index (χ1v) is 10.1. The van der Waals surface area contributed by atoms with Crippen molar-refractivity contribution < 1.29 is 4.79 Å². The van der Waals surface area contributed by atoms with Crippen molar-refractivity contribution in [1.82, 2.24) is 19.8 Å². The fourth-order valence-corrected chi connectivity index (χ4v) is 3.92. The number of likely N-dealkylation sites (tertiary alicyclic amines) is 1. The van der Waals surface area contributed by atoms with Gasteiger partial charge in [-0.15, -0.1) is 0 Å². The highest BCUT2D eigenvalue weighted by Gasteiger charge is 2.17. The Bertz CT molecular complexity index is 970. The van der Waals surface area contributed by atoms with Gasteiger partial charge in [0, 0.05) is 24.8 Å². The van der Waals surface area contributed by atoms with Crippen LogP contribution in [0.5, 0.6) is 0 Å². The third-order valence-corrected chi connectivity index (χ3v) is 5.73. The molecule has 5 heteroatoms. The van der Waals surface area contributed by atoms with E-state index in [9.17, 15) is 4.79 Å². The first-order chi connectivity index (χ1) is 13.6. The molecule has 1 N–H and O–H groups in total. The summed E-state index contributed by atoms with van der Waals surface area (Å²) in [6.45, 7) is 8.13. The summed E-state index contributed by atoms with van der Waals surface area (Å²) >= 11 is 0. The molecule has 1 aliphatic heterocycles. The summed E-state index contributed by atoms with van der Waals surface area (Å²) in [6.07, 6.45) is 4.44. The lowest BCUT2D eigenvalue weighted by Crippen LogP contribution is -2.32. The zero-order valence-corrected chi connectivity index (χ0v) is 16.7. The zero-order valence-electron chi connectivity index (χ0n) is 16.7. The quantitative estimate of drug-likeness (QED) is 0.737. The Morgan fingerprint density at radius 2 is 1.93 bits per heavy atom. The minimum Gasteiger partial charge on any atom is -0.347 e. The van der Waals surface area contributed by atoms with E-state index in [4.69, 9.17) is 0 Å². The molecule has 0 saturated carbocycles. The highest BCUT2D eigenvalue weighted by Crippen LogP contribution is 2.19. The lowest BCUT2D eigenvalue weighted by atomic mass is 9.98. The number of amides is 1. The monoisotopic (exact) mass is 376 g/mol. The number of carbonyl (C=O) groups excluding carboxylic acids is 1. The molecule has 0 aliphatic carbocycles. The van der Waals surface area contributed by atoms with Crippen molar-refractivity contribution in [3.63, 3.8) is 0 Å². The average molecular weight is 377 g/mol. The molecule has 0 bridgehead atoms. The van der Waals surface area contributed by atoms with E-state index in [-0.39, 0.29) is 5.91 Å². The van der Waals surface area contributed by atoms with Gasteiger partial charge in [-0.05, 0) is 62.0 Å². The summed E-state index contributed by atoms with van der Waals surface area (Å²) in [5.74, 6) is 0.720. The number of nitrogens with one attached hydrogen (secondary N) is 1. The molecule has 1 amide bonds. The summed E-state index contributed by atoms with van der Waals surface area (Å²) in [6, 6.07) is 14.4. The van der Waals surface area contributed by atoms with Gasteiger partial charge in [0.15, 0.2) is 5.69 Å². The molecule has 0 atom stereocenters. The second-order valence-electron chi connectivity index (χ2n) is 7.97. The highest BCUT2D eigenvalue weighted by atomic mass is 16.1. The largest absolute Gasteiger partial charge is 0.347 e. The third-order valence-electron chi connectivity index (χ3n) is 5.73. The molecule has 1 aliphatic rings. The van der Waals surface area contributed by atoms with Gasteiger partial charge in [-0.3, -0.25) is 9.69 Å². The van der Waals surface area contributed by atoms with Crippen LogP contribution in [-0.2, 0) is 13.1 Å². The molecule has 3 aromatic rings. The predicted molar refractivity (Wildman–Crippen MR) is 111 cm³/mol. The Morgan fingerprint density at radius 3 is 2.71 bits per heavy atom. The number of fused-ring (bicyclic) bond motifs is 1. The number of pyridine rings is 1. The topological polar surface area (TPSA) is 49.6 Å². The second-order valence-corrected chi connectivity index (χ2v) is 7.97. The van der Waals surface area contributed by atoms with Gasteiger partial charge in [0.05, 0.1) is 5.52 Å². The lowest BCUT2D eigenvalue weighted by Gasteiger charge is -2.30. The van der Waals surface area contributed by atoms with Gasteiger partial charge in [-0.2, -0.15) is 5.10 Å². The molecule has 2 aromatic heterocycles. The van der Waals surface area contributed by atoms with Crippen LogP contribution in [0, 0.1) is 12.8 Å². The number of hydrogen-bond donors (Lipinski definition) is 1. The van der Waals surface area contributed by atoms with Crippen LogP contribution in [0.3, 0.4) is 0 Å². The maximum Gasteiger partial charge on any atom is 0.272 e. The molecule has 1 fully saturated rings. The van der Waals surface area contributed by atoms with Crippen LogP contribution in [0.25, 0.3) is 5.52 Å². The summed E-state index contributed by atoms with van der Waals surface area (Å²) in [4.78, 5) is 15.2. The summed E-state index contributed by atoms with van der Waals surface area (Å²) in [5.41, 5.74) is 4.80. The Labute approximate surface area is 166 Å². The average Bonchev–Trinajstić information content (AvgIpc) is 3.05. The molecular weight excluding hydrogens is 348 g/mol. The summed E-state index contributed by atoms with van der Waals surface area (Å²) in [7, 11) is 0. The number of rotatable bonds is 5. The van der Waals surface area contributed by atoms with Crippen LogP contribution in [0.2, 0.25) is 0 Å². The maximum atomic E-state index is 12.6. The van der Waals surface area contributed by atoms with Gasteiger partial charge in [0.25, 0.3) is 5.91 Å². The van der Waals surface area contributed by atoms with Crippen LogP contribution < -0.4 is 5.32 Å². The Kier molecular flexibility index (Phi) is 5.44. The van der Waals surface area contributed by atoms with Crippen LogP contribution in [-0.4, -0.2) is 33.5 Å². The Balaban J connectivity index is 1.39. The first kappa shape index (κ1) is 18.7. The van der Waals surface area contributed by atoms with Crippen molar-refractivity contribution in [2.24, 2.45) is 5.92 Å². The number of carbonyl (C=O) groups is 1. The number of nitrogens with zero attached hydrogens (tertiary/aromatic N) is 3. The Morgan fingerprint density at radius 1 is 1.14 bits per heavy atom. The summed E-state index contributed by atoms with van der Waals surface area (Å²) < 4.78 is 1.75. The molecular formula is C23H28N4O. The van der Waals surface area contributed by atoms with Crippen molar-refractivity contribution in [3.8, 4) is 0 Å². The van der Waals surface area contributed by atoms with Gasteiger partial charge in [-0.25, -0.2) is 4.52 Å². The number of aromatic nitrogens is 2. The minimum atomic E-state index is -0.128. The molecule has 0 radical (unpaired) electrons. The zero-order chi connectivity index (χ0) is 19.5. The second kappa shape index (κ2) is 8.15. The highest BCUT2D eigenvalue weighted by molar-refractivity contribution is 5.95. The molecule has 4 rings (SSSR count). The minimum absolute atomic E-state index is 0.128. The molecule has 1 aromatic carbocycles. The van der Waals surface area contributed by atoms with Crippen molar-refractivity contribution in [3.05, 3.63) is 71.0 Å². The van der Waals surface area contributed by atoms with Crippen molar-refractivity contribution >= 4 is 11.4 Å².